The summed E-state index contributed by atoms with van der Waals surface area (Å²) in [7, 11) is 0. The van der Waals surface area contributed by atoms with Crippen LogP contribution in [0.15, 0.2) is 122 Å². The summed E-state index contributed by atoms with van der Waals surface area (Å²) in [6.07, 6.45) is 7.60. The molecule has 41 heavy (non-hydrogen) atoms. The Morgan fingerprint density at radius 3 is 1.61 bits per heavy atom. The van der Waals surface area contributed by atoms with Crippen molar-refractivity contribution >= 4 is 75.3 Å². The number of rotatable bonds is 3. The number of hydrogen-bond acceptors (Lipinski definition) is 3. The predicted molar refractivity (Wildman–Crippen MR) is 175 cm³/mol. The van der Waals surface area contributed by atoms with Crippen molar-refractivity contribution in [2.45, 2.75) is 0 Å². The van der Waals surface area contributed by atoms with E-state index in [1.54, 1.807) is 0 Å². The second-order valence-electron chi connectivity index (χ2n) is 11.0. The van der Waals surface area contributed by atoms with Crippen molar-refractivity contribution in [3.8, 4) is 32.7 Å². The highest BCUT2D eigenvalue weighted by atomic mass is 32.1. The van der Waals surface area contributed by atoms with Gasteiger partial charge in [-0.3, -0.25) is 9.97 Å². The van der Waals surface area contributed by atoms with Crippen molar-refractivity contribution in [1.82, 2.24) is 9.97 Å². The highest BCUT2D eigenvalue weighted by Crippen LogP contribution is 2.55. The average molecular weight is 537 g/mol. The molecule has 3 heteroatoms. The summed E-state index contributed by atoms with van der Waals surface area (Å²) in [6.45, 7) is 0. The highest BCUT2D eigenvalue weighted by Gasteiger charge is 2.26. The van der Waals surface area contributed by atoms with Crippen molar-refractivity contribution in [3.05, 3.63) is 122 Å². The number of aromatic nitrogens is 2. The van der Waals surface area contributed by atoms with Crippen LogP contribution in [0.1, 0.15) is 0 Å². The van der Waals surface area contributed by atoms with E-state index in [0.29, 0.717) is 0 Å². The number of benzene rings is 6. The second kappa shape index (κ2) is 7.75. The van der Waals surface area contributed by atoms with E-state index in [2.05, 4.69) is 107 Å². The van der Waals surface area contributed by atoms with Gasteiger partial charge in [0.1, 0.15) is 0 Å². The Kier molecular flexibility index (Phi) is 4.10. The van der Waals surface area contributed by atoms with Gasteiger partial charge in [-0.25, -0.2) is 0 Å². The van der Waals surface area contributed by atoms with Crippen LogP contribution in [0.4, 0.5) is 0 Å². The minimum Gasteiger partial charge on any atom is -0.265 e. The van der Waals surface area contributed by atoms with E-state index in [1.807, 2.05) is 36.1 Å². The third kappa shape index (κ3) is 2.76. The van der Waals surface area contributed by atoms with E-state index < -0.39 is 0 Å². The topological polar surface area (TPSA) is 25.8 Å². The highest BCUT2D eigenvalue weighted by molar-refractivity contribution is 7.23. The number of pyridine rings is 2. The molecule has 7 aromatic carbocycles. The van der Waals surface area contributed by atoms with Crippen molar-refractivity contribution in [1.29, 1.82) is 0 Å². The van der Waals surface area contributed by atoms with Crippen LogP contribution in [0, 0.1) is 0 Å². The molecular weight excluding hydrogens is 516 g/mol. The van der Waals surface area contributed by atoms with E-state index >= 15 is 0 Å². The maximum atomic E-state index is 4.32. The summed E-state index contributed by atoms with van der Waals surface area (Å²) in [6, 6.07) is 35.9. The van der Waals surface area contributed by atoms with Crippen LogP contribution < -0.4 is 0 Å². The maximum Gasteiger partial charge on any atom is 0.0434 e. The maximum absolute atomic E-state index is 4.32. The zero-order valence-corrected chi connectivity index (χ0v) is 22.7. The molecular formula is C38H20N2S. The van der Waals surface area contributed by atoms with Gasteiger partial charge in [0, 0.05) is 50.5 Å². The summed E-state index contributed by atoms with van der Waals surface area (Å²) in [5.41, 5.74) is 6.21. The molecule has 188 valence electrons. The zero-order valence-electron chi connectivity index (χ0n) is 21.8. The minimum absolute atomic E-state index is 1.20. The molecule has 0 aliphatic heterocycles. The summed E-state index contributed by atoms with van der Waals surface area (Å²) in [4.78, 5) is 9.94. The van der Waals surface area contributed by atoms with Crippen LogP contribution in [0.25, 0.3) is 96.6 Å². The fourth-order valence-corrected chi connectivity index (χ4v) is 8.43. The predicted octanol–water partition coefficient (Wildman–Crippen LogP) is 10.8. The molecule has 0 spiro atoms. The molecule has 2 nitrogen and oxygen atoms in total. The molecule has 10 aromatic rings. The van der Waals surface area contributed by atoms with Gasteiger partial charge in [-0.2, -0.15) is 0 Å². The Balaban J connectivity index is 1.50. The van der Waals surface area contributed by atoms with E-state index in [-0.39, 0.29) is 0 Å². The van der Waals surface area contributed by atoms with Gasteiger partial charge in [-0.05, 0) is 113 Å². The van der Waals surface area contributed by atoms with E-state index in [9.17, 15) is 0 Å². The number of hydrogen-bond donors (Lipinski definition) is 0. The first kappa shape index (κ1) is 21.7. The molecule has 0 bridgehead atoms. The Labute approximate surface area is 239 Å². The fourth-order valence-electron chi connectivity index (χ4n) is 7.23. The van der Waals surface area contributed by atoms with Gasteiger partial charge < -0.3 is 0 Å². The first-order valence-corrected chi connectivity index (χ1v) is 14.7. The lowest BCUT2D eigenvalue weighted by Crippen LogP contribution is -1.86. The molecule has 0 N–H and O–H groups in total. The Bertz CT molecular complexity index is 2390. The van der Waals surface area contributed by atoms with Crippen LogP contribution in [0.3, 0.4) is 0 Å². The molecule has 0 radical (unpaired) electrons. The Hall–Kier alpha value is -5.12. The molecule has 3 heterocycles. The van der Waals surface area contributed by atoms with Gasteiger partial charge in [-0.15, -0.1) is 11.3 Å². The van der Waals surface area contributed by atoms with Gasteiger partial charge >= 0.3 is 0 Å². The van der Waals surface area contributed by atoms with Crippen LogP contribution in [-0.4, -0.2) is 9.97 Å². The minimum atomic E-state index is 1.20. The van der Waals surface area contributed by atoms with Gasteiger partial charge in [-0.1, -0.05) is 54.6 Å². The van der Waals surface area contributed by atoms with Gasteiger partial charge in [0.05, 0.1) is 0 Å². The summed E-state index contributed by atoms with van der Waals surface area (Å²) in [5.74, 6) is 0. The first-order valence-electron chi connectivity index (χ1n) is 13.9. The molecule has 0 aliphatic carbocycles. The van der Waals surface area contributed by atoms with Crippen molar-refractivity contribution in [3.63, 3.8) is 0 Å². The second-order valence-corrected chi connectivity index (χ2v) is 12.0. The normalized spacial score (nSPS) is 12.4. The smallest absolute Gasteiger partial charge is 0.0434 e. The monoisotopic (exact) mass is 536 g/mol. The van der Waals surface area contributed by atoms with Crippen molar-refractivity contribution < 1.29 is 0 Å². The summed E-state index contributed by atoms with van der Waals surface area (Å²) in [5, 5.41) is 14.9. The molecule has 0 amide bonds. The van der Waals surface area contributed by atoms with E-state index in [1.165, 1.54) is 96.6 Å². The van der Waals surface area contributed by atoms with Crippen LogP contribution in [0.5, 0.6) is 0 Å². The molecule has 0 unspecified atom stereocenters. The number of fused-ring (bicyclic) bond motifs is 3. The Morgan fingerprint density at radius 2 is 0.976 bits per heavy atom. The molecule has 3 aromatic heterocycles. The van der Waals surface area contributed by atoms with Crippen LogP contribution in [-0.2, 0) is 0 Å². The van der Waals surface area contributed by atoms with Crippen molar-refractivity contribution in [2.24, 2.45) is 0 Å². The third-order valence-electron chi connectivity index (χ3n) is 8.94. The van der Waals surface area contributed by atoms with E-state index in [4.69, 9.17) is 0 Å². The first-order chi connectivity index (χ1) is 20.3. The van der Waals surface area contributed by atoms with Gasteiger partial charge in [0.25, 0.3) is 0 Å². The lowest BCUT2D eigenvalue weighted by Gasteiger charge is -2.13. The lowest BCUT2D eigenvalue weighted by atomic mass is 9.90. The van der Waals surface area contributed by atoms with Crippen LogP contribution in [0.2, 0.25) is 0 Å². The Morgan fingerprint density at radius 1 is 0.415 bits per heavy atom. The summed E-state index contributed by atoms with van der Waals surface area (Å²) < 4.78 is 1.35. The standard InChI is InChI=1S/C38H20N2S/c1-2-4-23(5-3-1)32-20-30-29-18-27(21-10-14-39-15-11-21)25-8-6-24-7-9-26-28(22-12-16-40-17-13-22)19-31(38(30)41-32)37-35(26)33(24)34(25)36(29)37/h1-20H. The SMILES string of the molecule is c1ccc(-c2cc3c4cc(-c5ccncc5)c5ccc6ccc7c(-c8ccncc8)cc(c3s2)c2c7c6c5c42)cc1. The molecule has 0 fully saturated rings. The zero-order chi connectivity index (χ0) is 26.7. The molecule has 0 saturated heterocycles. The van der Waals surface area contributed by atoms with E-state index in [0.717, 1.165) is 0 Å². The molecule has 0 atom stereocenters. The fraction of sp³-hybridized carbons (Fsp3) is 0. The molecule has 10 rings (SSSR count). The summed E-state index contributed by atoms with van der Waals surface area (Å²) >= 11 is 1.91. The lowest BCUT2D eigenvalue weighted by molar-refractivity contribution is 1.33. The number of nitrogens with zero attached hydrogens (tertiary/aromatic N) is 2. The average Bonchev–Trinajstić information content (AvgIpc) is 3.65. The van der Waals surface area contributed by atoms with Crippen LogP contribution >= 0.6 is 11.3 Å². The quantitative estimate of drug-likeness (QED) is 0.210. The third-order valence-corrected chi connectivity index (χ3v) is 10.2. The molecule has 0 aliphatic rings. The van der Waals surface area contributed by atoms with Gasteiger partial charge in [0.15, 0.2) is 0 Å². The largest absolute Gasteiger partial charge is 0.265 e. The number of thiophene rings is 1. The van der Waals surface area contributed by atoms with Gasteiger partial charge in [0.2, 0.25) is 0 Å². The van der Waals surface area contributed by atoms with Crippen molar-refractivity contribution in [2.75, 3.05) is 0 Å². The molecule has 0 saturated carbocycles.